The second-order valence-corrected chi connectivity index (χ2v) is 13.8. The Morgan fingerprint density at radius 3 is 2.46 bits per heavy atom. The monoisotopic (exact) mass is 623 g/mol. The van der Waals surface area contributed by atoms with Crippen molar-refractivity contribution in [2.45, 2.75) is 77.8 Å². The zero-order valence-electron chi connectivity index (χ0n) is 23.2. The summed E-state index contributed by atoms with van der Waals surface area (Å²) in [4.78, 5) is 27.0. The van der Waals surface area contributed by atoms with Gasteiger partial charge in [0.1, 0.15) is 11.4 Å². The van der Waals surface area contributed by atoms with Crippen LogP contribution in [0.25, 0.3) is 0 Å². The topological polar surface area (TPSA) is 127 Å². The van der Waals surface area contributed by atoms with Crippen molar-refractivity contribution in [1.82, 2.24) is 20.1 Å². The number of rotatable bonds is 8. The van der Waals surface area contributed by atoms with E-state index in [2.05, 4.69) is 41.0 Å². The number of halogens is 1. The van der Waals surface area contributed by atoms with Crippen molar-refractivity contribution in [2.24, 2.45) is 4.99 Å². The summed E-state index contributed by atoms with van der Waals surface area (Å²) in [5.74, 6) is -0.494. The number of carbonyl (C=O) groups is 1. The summed E-state index contributed by atoms with van der Waals surface area (Å²) in [7, 11) is -3.14. The van der Waals surface area contributed by atoms with Gasteiger partial charge in [-0.25, -0.2) is 9.97 Å². The minimum absolute atomic E-state index is 0.190. The maximum Gasteiger partial charge on any atom is 0.434 e. The van der Waals surface area contributed by atoms with Gasteiger partial charge < -0.3 is 14.2 Å². The molecule has 0 bridgehead atoms. The molecule has 11 nitrogen and oxygen atoms in total. The number of amides is 1. The molecule has 3 heterocycles. The molecule has 212 valence electrons. The van der Waals surface area contributed by atoms with Crippen molar-refractivity contribution in [3.8, 4) is 0 Å². The number of aryl methyl sites for hydroxylation is 2. The van der Waals surface area contributed by atoms with Gasteiger partial charge in [-0.2, -0.15) is 14.4 Å². The first kappa shape index (κ1) is 29.5. The van der Waals surface area contributed by atoms with E-state index in [1.807, 2.05) is 47.6 Å². The third kappa shape index (κ3) is 6.65. The van der Waals surface area contributed by atoms with Gasteiger partial charge in [-0.15, -0.1) is 4.99 Å². The van der Waals surface area contributed by atoms with Gasteiger partial charge >= 0.3 is 5.96 Å². The summed E-state index contributed by atoms with van der Waals surface area (Å²) < 4.78 is 37.1. The fraction of sp³-hybridized carbons (Fsp3) is 0.538. The number of guanidine groups is 1. The Labute approximate surface area is 238 Å². The average Bonchev–Trinajstić information content (AvgIpc) is 2.88. The summed E-state index contributed by atoms with van der Waals surface area (Å²) >= 11 is 3.44. The molecule has 0 radical (unpaired) electrons. The van der Waals surface area contributed by atoms with E-state index in [4.69, 9.17) is 14.2 Å². The van der Waals surface area contributed by atoms with Crippen LogP contribution in [0.3, 0.4) is 0 Å². The lowest BCUT2D eigenvalue weighted by Gasteiger charge is -2.34. The van der Waals surface area contributed by atoms with Crippen LogP contribution in [0.2, 0.25) is 0 Å². The summed E-state index contributed by atoms with van der Waals surface area (Å²) in [6, 6.07) is 5.09. The van der Waals surface area contributed by atoms with Crippen LogP contribution in [0.15, 0.2) is 40.1 Å². The van der Waals surface area contributed by atoms with Crippen molar-refractivity contribution in [3.63, 3.8) is 0 Å². The second-order valence-electron chi connectivity index (χ2n) is 10.4. The number of carbonyl (C=O) groups excluding carboxylic acids is 1. The molecular formula is C26H36BrN6O5S+. The van der Waals surface area contributed by atoms with Gasteiger partial charge in [-0.05, 0) is 82.1 Å². The number of aromatic nitrogens is 2. The van der Waals surface area contributed by atoms with E-state index in [1.54, 1.807) is 31.5 Å². The molecule has 1 unspecified atom stereocenters. The third-order valence-electron chi connectivity index (χ3n) is 6.23. The van der Waals surface area contributed by atoms with Crippen molar-refractivity contribution >= 4 is 37.7 Å². The number of aliphatic imine (C=N–C) groups is 1. The van der Waals surface area contributed by atoms with E-state index in [9.17, 15) is 9.00 Å². The van der Waals surface area contributed by atoms with Crippen LogP contribution in [0.5, 0.6) is 0 Å². The highest BCUT2D eigenvalue weighted by Gasteiger charge is 2.49. The maximum atomic E-state index is 14.5. The van der Waals surface area contributed by atoms with E-state index in [0.717, 1.165) is 11.1 Å². The SMILES string of the molecule is Cc1cnc([C@H](OC(C)C)[C@H](C)S2(=O)=[N+](NC(=O)c3cc(C)ccc3Br)C(=NC3COC(C)(C)OC3)N2)nc1. The van der Waals surface area contributed by atoms with E-state index >= 15 is 0 Å². The quantitative estimate of drug-likeness (QED) is 0.430. The summed E-state index contributed by atoms with van der Waals surface area (Å²) in [6.45, 7) is 13.6. The van der Waals surface area contributed by atoms with Crippen LogP contribution < -0.4 is 10.1 Å². The highest BCUT2D eigenvalue weighted by molar-refractivity contribution is 9.10. The van der Waals surface area contributed by atoms with Crippen LogP contribution in [0.1, 0.15) is 68.0 Å². The Morgan fingerprint density at radius 1 is 1.21 bits per heavy atom. The number of nitrogens with one attached hydrogen (secondary N) is 2. The molecule has 13 heteroatoms. The normalized spacial score (nSPS) is 23.7. The van der Waals surface area contributed by atoms with Crippen LogP contribution in [0, 0.1) is 13.8 Å². The molecular weight excluding hydrogens is 588 g/mol. The van der Waals surface area contributed by atoms with Gasteiger partial charge in [0.15, 0.2) is 17.7 Å². The Balaban J connectivity index is 1.74. The number of hydrazine groups is 1. The average molecular weight is 625 g/mol. The van der Waals surface area contributed by atoms with Crippen LogP contribution in [0.4, 0.5) is 0 Å². The smallest absolute Gasteiger partial charge is 0.366 e. The van der Waals surface area contributed by atoms with Crippen molar-refractivity contribution in [3.05, 3.63) is 57.6 Å². The van der Waals surface area contributed by atoms with Crippen molar-refractivity contribution in [2.75, 3.05) is 13.2 Å². The molecule has 2 aromatic rings. The minimum atomic E-state index is -3.14. The number of ether oxygens (including phenoxy) is 3. The summed E-state index contributed by atoms with van der Waals surface area (Å²) in [6.07, 6.45) is 2.47. The number of benzene rings is 1. The molecule has 2 aliphatic rings. The van der Waals surface area contributed by atoms with E-state index in [-0.39, 0.29) is 18.1 Å². The lowest BCUT2D eigenvalue weighted by molar-refractivity contribution is -0.454. The Hall–Kier alpha value is -2.45. The highest BCUT2D eigenvalue weighted by atomic mass is 79.9. The predicted octanol–water partition coefficient (Wildman–Crippen LogP) is 3.56. The number of hydrogen-bond acceptors (Lipinski definition) is 8. The Morgan fingerprint density at radius 2 is 1.85 bits per heavy atom. The zero-order chi connectivity index (χ0) is 28.5. The molecule has 1 aromatic heterocycles. The van der Waals surface area contributed by atoms with Crippen LogP contribution >= 0.6 is 15.9 Å². The molecule has 39 heavy (non-hydrogen) atoms. The van der Waals surface area contributed by atoms with Gasteiger partial charge in [0.25, 0.3) is 5.91 Å². The molecule has 1 saturated heterocycles. The van der Waals surface area contributed by atoms with Crippen LogP contribution in [-0.2, 0) is 24.1 Å². The molecule has 0 aliphatic carbocycles. The molecule has 4 rings (SSSR count). The van der Waals surface area contributed by atoms with E-state index in [1.165, 1.54) is 4.05 Å². The molecule has 3 atom stereocenters. The highest BCUT2D eigenvalue weighted by Crippen LogP contribution is 2.28. The second kappa shape index (κ2) is 11.6. The summed E-state index contributed by atoms with van der Waals surface area (Å²) in [5.41, 5.74) is 5.02. The molecule has 2 N–H and O–H groups in total. The van der Waals surface area contributed by atoms with Crippen molar-refractivity contribution < 1.29 is 27.3 Å². The molecule has 0 spiro atoms. The molecule has 1 amide bonds. The number of nitrogens with zero attached hydrogens (tertiary/aromatic N) is 4. The number of hydrogen-bond donors (Lipinski definition) is 2. The lowest BCUT2D eigenvalue weighted by atomic mass is 10.1. The first-order chi connectivity index (χ1) is 18.3. The Kier molecular flexibility index (Phi) is 8.76. The lowest BCUT2D eigenvalue weighted by Crippen LogP contribution is -2.65. The van der Waals surface area contributed by atoms with E-state index < -0.39 is 33.0 Å². The molecule has 1 fully saturated rings. The molecule has 2 aliphatic heterocycles. The van der Waals surface area contributed by atoms with Gasteiger partial charge in [-0.1, -0.05) is 15.7 Å². The molecule has 1 aromatic carbocycles. The van der Waals surface area contributed by atoms with E-state index in [0.29, 0.717) is 29.1 Å². The first-order valence-electron chi connectivity index (χ1n) is 12.8. The fourth-order valence-corrected chi connectivity index (χ4v) is 6.45. The van der Waals surface area contributed by atoms with Gasteiger partial charge in [0, 0.05) is 16.9 Å². The fourth-order valence-electron chi connectivity index (χ4n) is 4.05. The van der Waals surface area contributed by atoms with Crippen molar-refractivity contribution in [1.29, 1.82) is 0 Å². The van der Waals surface area contributed by atoms with Gasteiger partial charge in [-0.3, -0.25) is 4.79 Å². The zero-order valence-corrected chi connectivity index (χ0v) is 25.6. The Bertz CT molecular complexity index is 1380. The minimum Gasteiger partial charge on any atom is -0.366 e. The third-order valence-corrected chi connectivity index (χ3v) is 9.45. The standard InChI is InChI=1S/C26H35BrN6O5S/c1-15(2)38-22(23-28-11-17(4)12-29-23)18(5)39(35)32-25(30-19-13-36-26(6,7)37-14-19)33(39)31-24(34)20-10-16(3)8-9-21(20)27/h8-12,15,18-19,22H,13-14H2,1-7H3,(H,31,34)/p+1/t18-,22+,39?/m0/s1. The van der Waals surface area contributed by atoms with Gasteiger partial charge in [0.2, 0.25) is 9.92 Å². The first-order valence-corrected chi connectivity index (χ1v) is 15.1. The summed E-state index contributed by atoms with van der Waals surface area (Å²) in [5, 5.41) is -0.680. The van der Waals surface area contributed by atoms with Gasteiger partial charge in [0.05, 0.1) is 24.9 Å². The maximum absolute atomic E-state index is 14.5. The largest absolute Gasteiger partial charge is 0.434 e. The van der Waals surface area contributed by atoms with Crippen LogP contribution in [-0.4, -0.2) is 66.5 Å². The molecule has 0 saturated carbocycles. The predicted molar refractivity (Wildman–Crippen MR) is 150 cm³/mol.